The second kappa shape index (κ2) is 6.63. The van der Waals surface area contributed by atoms with Crippen LogP contribution in [0.2, 0.25) is 0 Å². The van der Waals surface area contributed by atoms with Gasteiger partial charge in [-0.1, -0.05) is 6.42 Å². The van der Waals surface area contributed by atoms with Crippen LogP contribution in [0.5, 0.6) is 0 Å². The summed E-state index contributed by atoms with van der Waals surface area (Å²) in [7, 11) is 2.20. The lowest BCUT2D eigenvalue weighted by Gasteiger charge is -2.32. The number of nitrogens with zero attached hydrogens (tertiary/aromatic N) is 2. The van der Waals surface area contributed by atoms with E-state index in [-0.39, 0.29) is 0 Å². The Labute approximate surface area is 86.8 Å². The van der Waals surface area contributed by atoms with Crippen LogP contribution in [0.1, 0.15) is 19.3 Å². The highest BCUT2D eigenvalue weighted by Crippen LogP contribution is 2.03. The Morgan fingerprint density at radius 2 is 1.69 bits per heavy atom. The Kier molecular flexibility index (Phi) is 5.76. The zero-order valence-corrected chi connectivity index (χ0v) is 9.39. The minimum atomic E-state index is 0.822. The van der Waals surface area contributed by atoms with Gasteiger partial charge in [0.05, 0.1) is 0 Å². The molecule has 0 radical (unpaired) electrons. The zero-order chi connectivity index (χ0) is 9.52. The predicted molar refractivity (Wildman–Crippen MR) is 58.5 cm³/mol. The Hall–Kier alpha value is 0.210. The number of unbranched alkanes of at least 4 members (excludes halogenated alkanes) is 2. The van der Waals surface area contributed by atoms with Crippen LogP contribution < -0.4 is 0 Å². The van der Waals surface area contributed by atoms with Crippen molar-refractivity contribution in [1.29, 1.82) is 0 Å². The molecule has 0 saturated carbocycles. The standard InChI is InChI=1S/C10H21ClN2/c1-12-7-9-13(10-8-12)6-4-2-3-5-11/h2-10H2,1H3. The number of hydrogen-bond donors (Lipinski definition) is 0. The van der Waals surface area contributed by atoms with Crippen molar-refractivity contribution in [2.45, 2.75) is 19.3 Å². The van der Waals surface area contributed by atoms with Gasteiger partial charge in [-0.15, -0.1) is 11.6 Å². The first-order chi connectivity index (χ1) is 6.33. The van der Waals surface area contributed by atoms with Crippen LogP contribution in [0.4, 0.5) is 0 Å². The monoisotopic (exact) mass is 204 g/mol. The lowest BCUT2D eigenvalue weighted by Crippen LogP contribution is -2.44. The van der Waals surface area contributed by atoms with Gasteiger partial charge >= 0.3 is 0 Å². The summed E-state index contributed by atoms with van der Waals surface area (Å²) in [5, 5.41) is 0. The van der Waals surface area contributed by atoms with E-state index >= 15 is 0 Å². The second-order valence-electron chi connectivity index (χ2n) is 3.89. The summed E-state index contributed by atoms with van der Waals surface area (Å²) in [5.41, 5.74) is 0. The Morgan fingerprint density at radius 3 is 2.31 bits per heavy atom. The molecule has 1 fully saturated rings. The third kappa shape index (κ3) is 4.84. The molecule has 0 amide bonds. The molecule has 0 spiro atoms. The molecule has 0 bridgehead atoms. The lowest BCUT2D eigenvalue weighted by molar-refractivity contribution is 0.152. The van der Waals surface area contributed by atoms with Crippen molar-refractivity contribution in [3.8, 4) is 0 Å². The van der Waals surface area contributed by atoms with Crippen LogP contribution in [-0.4, -0.2) is 55.5 Å². The summed E-state index contributed by atoms with van der Waals surface area (Å²) in [6.45, 7) is 6.23. The van der Waals surface area contributed by atoms with E-state index in [1.807, 2.05) is 0 Å². The Balaban J connectivity index is 1.96. The van der Waals surface area contributed by atoms with Crippen molar-refractivity contribution in [2.24, 2.45) is 0 Å². The van der Waals surface area contributed by atoms with Crippen molar-refractivity contribution < 1.29 is 0 Å². The van der Waals surface area contributed by atoms with Crippen LogP contribution in [0.25, 0.3) is 0 Å². The smallest absolute Gasteiger partial charge is 0.0223 e. The third-order valence-corrected chi connectivity index (χ3v) is 2.97. The summed E-state index contributed by atoms with van der Waals surface area (Å²) in [6, 6.07) is 0. The molecule has 1 saturated heterocycles. The number of hydrogen-bond acceptors (Lipinski definition) is 2. The van der Waals surface area contributed by atoms with E-state index in [1.165, 1.54) is 52.0 Å². The molecule has 2 nitrogen and oxygen atoms in total. The first kappa shape index (κ1) is 11.3. The van der Waals surface area contributed by atoms with Crippen molar-refractivity contribution in [2.75, 3.05) is 45.7 Å². The van der Waals surface area contributed by atoms with Crippen LogP contribution >= 0.6 is 11.6 Å². The molecule has 1 heterocycles. The van der Waals surface area contributed by atoms with Crippen molar-refractivity contribution in [3.05, 3.63) is 0 Å². The summed E-state index contributed by atoms with van der Waals surface area (Å²) in [6.07, 6.45) is 3.78. The number of alkyl halides is 1. The fraction of sp³-hybridized carbons (Fsp3) is 1.00. The summed E-state index contributed by atoms with van der Waals surface area (Å²) in [4.78, 5) is 4.96. The van der Waals surface area contributed by atoms with Gasteiger partial charge < -0.3 is 9.80 Å². The average molecular weight is 205 g/mol. The molecule has 0 unspecified atom stereocenters. The maximum Gasteiger partial charge on any atom is 0.0223 e. The molecule has 78 valence electrons. The third-order valence-electron chi connectivity index (χ3n) is 2.70. The Morgan fingerprint density at radius 1 is 1.00 bits per heavy atom. The average Bonchev–Trinajstić information content (AvgIpc) is 2.15. The molecule has 3 heteroatoms. The fourth-order valence-corrected chi connectivity index (χ4v) is 1.87. The predicted octanol–water partition coefficient (Wildman–Crippen LogP) is 1.64. The van der Waals surface area contributed by atoms with E-state index < -0.39 is 0 Å². The van der Waals surface area contributed by atoms with Gasteiger partial charge in [0.25, 0.3) is 0 Å². The van der Waals surface area contributed by atoms with Crippen molar-refractivity contribution >= 4 is 11.6 Å². The topological polar surface area (TPSA) is 6.48 Å². The van der Waals surface area contributed by atoms with E-state index in [1.54, 1.807) is 0 Å². The normalized spacial score (nSPS) is 20.8. The molecule has 0 aliphatic carbocycles. The summed E-state index contributed by atoms with van der Waals surface area (Å²) >= 11 is 5.62. The Bertz CT molecular complexity index is 122. The number of rotatable bonds is 5. The number of piperazine rings is 1. The molecule has 13 heavy (non-hydrogen) atoms. The zero-order valence-electron chi connectivity index (χ0n) is 8.64. The molecule has 1 rings (SSSR count). The first-order valence-corrected chi connectivity index (χ1v) is 5.83. The van der Waals surface area contributed by atoms with Gasteiger partial charge in [-0.3, -0.25) is 0 Å². The molecule has 1 aliphatic heterocycles. The molecule has 1 aliphatic rings. The van der Waals surface area contributed by atoms with Crippen molar-refractivity contribution in [3.63, 3.8) is 0 Å². The molecule has 0 aromatic rings. The van der Waals surface area contributed by atoms with E-state index in [2.05, 4.69) is 16.8 Å². The minimum Gasteiger partial charge on any atom is -0.304 e. The molecule has 0 N–H and O–H groups in total. The van der Waals surface area contributed by atoms with E-state index in [0.717, 1.165) is 5.88 Å². The quantitative estimate of drug-likeness (QED) is 0.497. The van der Waals surface area contributed by atoms with Gasteiger partial charge in [0.1, 0.15) is 0 Å². The molecule has 0 aromatic carbocycles. The van der Waals surface area contributed by atoms with Crippen LogP contribution in [0, 0.1) is 0 Å². The highest BCUT2D eigenvalue weighted by molar-refractivity contribution is 6.17. The van der Waals surface area contributed by atoms with Gasteiger partial charge in [-0.05, 0) is 26.4 Å². The minimum absolute atomic E-state index is 0.822. The van der Waals surface area contributed by atoms with E-state index in [0.29, 0.717) is 0 Å². The van der Waals surface area contributed by atoms with Gasteiger partial charge in [0, 0.05) is 32.1 Å². The van der Waals surface area contributed by atoms with Gasteiger partial charge in [0.15, 0.2) is 0 Å². The summed E-state index contributed by atoms with van der Waals surface area (Å²) < 4.78 is 0. The van der Waals surface area contributed by atoms with Crippen LogP contribution in [0.15, 0.2) is 0 Å². The van der Waals surface area contributed by atoms with Gasteiger partial charge in [-0.25, -0.2) is 0 Å². The van der Waals surface area contributed by atoms with Gasteiger partial charge in [0.2, 0.25) is 0 Å². The van der Waals surface area contributed by atoms with Crippen molar-refractivity contribution in [1.82, 2.24) is 9.80 Å². The highest BCUT2D eigenvalue weighted by Gasteiger charge is 2.12. The number of likely N-dealkylation sites (N-methyl/N-ethyl adjacent to an activating group) is 1. The first-order valence-electron chi connectivity index (χ1n) is 5.30. The van der Waals surface area contributed by atoms with Gasteiger partial charge in [-0.2, -0.15) is 0 Å². The lowest BCUT2D eigenvalue weighted by atomic mass is 10.2. The number of halogens is 1. The van der Waals surface area contributed by atoms with Crippen LogP contribution in [-0.2, 0) is 0 Å². The largest absolute Gasteiger partial charge is 0.304 e. The van der Waals surface area contributed by atoms with E-state index in [4.69, 9.17) is 11.6 Å². The van der Waals surface area contributed by atoms with E-state index in [9.17, 15) is 0 Å². The molecular formula is C10H21ClN2. The fourth-order valence-electron chi connectivity index (χ4n) is 1.68. The maximum atomic E-state index is 5.62. The molecular weight excluding hydrogens is 184 g/mol. The SMILES string of the molecule is CN1CCN(CCCCCCl)CC1. The maximum absolute atomic E-state index is 5.62. The summed E-state index contributed by atoms with van der Waals surface area (Å²) in [5.74, 6) is 0.822. The second-order valence-corrected chi connectivity index (χ2v) is 4.27. The van der Waals surface area contributed by atoms with Crippen LogP contribution in [0.3, 0.4) is 0 Å². The molecule has 0 aromatic heterocycles. The highest BCUT2D eigenvalue weighted by atomic mass is 35.5. The molecule has 0 atom stereocenters.